The van der Waals surface area contributed by atoms with E-state index in [-0.39, 0.29) is 6.61 Å². The summed E-state index contributed by atoms with van der Waals surface area (Å²) in [5, 5.41) is 10.2. The Kier molecular flexibility index (Phi) is 4.10. The highest BCUT2D eigenvalue weighted by atomic mass is 16.5. The lowest BCUT2D eigenvalue weighted by atomic mass is 10.0. The van der Waals surface area contributed by atoms with Crippen molar-refractivity contribution in [2.75, 3.05) is 12.3 Å². The van der Waals surface area contributed by atoms with Gasteiger partial charge in [0.2, 0.25) is 0 Å². The Morgan fingerprint density at radius 1 is 1.29 bits per heavy atom. The molecule has 1 heterocycles. The second-order valence-electron chi connectivity index (χ2n) is 5.50. The van der Waals surface area contributed by atoms with Crippen LogP contribution in [0.1, 0.15) is 24.2 Å². The smallest absolute Gasteiger partial charge is 0.142 e. The van der Waals surface area contributed by atoms with Crippen LogP contribution >= 0.6 is 0 Å². The van der Waals surface area contributed by atoms with Gasteiger partial charge >= 0.3 is 0 Å². The summed E-state index contributed by atoms with van der Waals surface area (Å²) >= 11 is 0. The van der Waals surface area contributed by atoms with E-state index >= 15 is 0 Å². The van der Waals surface area contributed by atoms with E-state index < -0.39 is 6.10 Å². The zero-order chi connectivity index (χ0) is 14.7. The molecule has 0 fully saturated rings. The van der Waals surface area contributed by atoms with Crippen molar-refractivity contribution < 1.29 is 9.84 Å². The van der Waals surface area contributed by atoms with Crippen LogP contribution in [0.25, 0.3) is 0 Å². The van der Waals surface area contributed by atoms with Crippen LogP contribution < -0.4 is 10.5 Å². The van der Waals surface area contributed by atoms with Gasteiger partial charge in [0.05, 0.1) is 24.3 Å². The largest absolute Gasteiger partial charge is 0.489 e. The maximum Gasteiger partial charge on any atom is 0.142 e. The molecule has 1 unspecified atom stereocenters. The molecule has 21 heavy (non-hydrogen) atoms. The van der Waals surface area contributed by atoms with Gasteiger partial charge in [-0.1, -0.05) is 12.1 Å². The number of hydrogen-bond donors (Lipinski definition) is 2. The second-order valence-corrected chi connectivity index (χ2v) is 5.50. The lowest BCUT2D eigenvalue weighted by molar-refractivity contribution is 0.0920. The zero-order valence-corrected chi connectivity index (χ0v) is 12.0. The van der Waals surface area contributed by atoms with E-state index in [1.165, 1.54) is 24.2 Å². The number of ether oxygens (including phenoxy) is 1. The standard InChI is InChI=1S/C16H21N3O2/c17-13-5-1-4-8-16(13)21-10-12(20)9-19-11-18-14-6-2-3-7-15(14)19/h1,4-5,8,11-12,20H,2-3,6-7,9-10,17H2. The summed E-state index contributed by atoms with van der Waals surface area (Å²) in [5.41, 5.74) is 8.85. The molecule has 112 valence electrons. The summed E-state index contributed by atoms with van der Waals surface area (Å²) in [6.45, 7) is 0.732. The average molecular weight is 287 g/mol. The fourth-order valence-corrected chi connectivity index (χ4v) is 2.77. The Balaban J connectivity index is 1.58. The molecule has 0 amide bonds. The molecule has 3 N–H and O–H groups in total. The molecule has 5 heteroatoms. The molecule has 5 nitrogen and oxygen atoms in total. The van der Waals surface area contributed by atoms with Gasteiger partial charge in [0.15, 0.2) is 0 Å². The first-order valence-electron chi connectivity index (χ1n) is 7.42. The highest BCUT2D eigenvalue weighted by Crippen LogP contribution is 2.21. The van der Waals surface area contributed by atoms with Crippen molar-refractivity contribution in [2.24, 2.45) is 0 Å². The SMILES string of the molecule is Nc1ccccc1OCC(O)Cn1cnc2c1CCCC2. The summed E-state index contributed by atoms with van der Waals surface area (Å²) in [6, 6.07) is 7.32. The fourth-order valence-electron chi connectivity index (χ4n) is 2.77. The number of nitrogens with two attached hydrogens (primary N) is 1. The topological polar surface area (TPSA) is 73.3 Å². The molecule has 0 saturated carbocycles. The number of imidazole rings is 1. The molecular weight excluding hydrogens is 266 g/mol. The van der Waals surface area contributed by atoms with E-state index in [0.717, 1.165) is 12.8 Å². The number of benzene rings is 1. The number of anilines is 1. The van der Waals surface area contributed by atoms with E-state index in [1.54, 1.807) is 12.1 Å². The van der Waals surface area contributed by atoms with Gasteiger partial charge in [-0.25, -0.2) is 4.98 Å². The molecule has 0 saturated heterocycles. The number of rotatable bonds is 5. The van der Waals surface area contributed by atoms with Crippen molar-refractivity contribution in [3.8, 4) is 5.75 Å². The monoisotopic (exact) mass is 287 g/mol. The van der Waals surface area contributed by atoms with E-state index in [1.807, 2.05) is 18.5 Å². The second kappa shape index (κ2) is 6.18. The quantitative estimate of drug-likeness (QED) is 0.822. The van der Waals surface area contributed by atoms with Crippen LogP contribution in [-0.2, 0) is 19.4 Å². The minimum absolute atomic E-state index is 0.223. The lowest BCUT2D eigenvalue weighted by Crippen LogP contribution is -2.25. The summed E-state index contributed by atoms with van der Waals surface area (Å²) in [4.78, 5) is 4.43. The number of nitrogen functional groups attached to an aromatic ring is 1. The molecule has 3 rings (SSSR count). The van der Waals surface area contributed by atoms with Crippen molar-refractivity contribution in [1.82, 2.24) is 9.55 Å². The highest BCUT2D eigenvalue weighted by Gasteiger charge is 2.17. The van der Waals surface area contributed by atoms with Gasteiger partial charge < -0.3 is 20.1 Å². The van der Waals surface area contributed by atoms with Crippen LogP contribution in [0.2, 0.25) is 0 Å². The summed E-state index contributed by atoms with van der Waals surface area (Å²) in [7, 11) is 0. The van der Waals surface area contributed by atoms with Crippen molar-refractivity contribution >= 4 is 5.69 Å². The summed E-state index contributed by atoms with van der Waals surface area (Å²) in [5.74, 6) is 0.615. The number of aliphatic hydroxyl groups excluding tert-OH is 1. The van der Waals surface area contributed by atoms with Crippen molar-refractivity contribution in [1.29, 1.82) is 0 Å². The third-order valence-electron chi connectivity index (χ3n) is 3.87. The lowest BCUT2D eigenvalue weighted by Gasteiger charge is -2.17. The predicted octanol–water partition coefficient (Wildman–Crippen LogP) is 1.78. The van der Waals surface area contributed by atoms with Crippen LogP contribution in [-0.4, -0.2) is 27.4 Å². The fraction of sp³-hybridized carbons (Fsp3) is 0.438. The van der Waals surface area contributed by atoms with Crippen LogP contribution in [0.5, 0.6) is 5.75 Å². The van der Waals surface area contributed by atoms with Gasteiger partial charge in [-0.05, 0) is 37.8 Å². The molecule has 1 aromatic heterocycles. The first-order chi connectivity index (χ1) is 10.2. The summed E-state index contributed by atoms with van der Waals surface area (Å²) < 4.78 is 7.64. The van der Waals surface area contributed by atoms with E-state index in [0.29, 0.717) is 18.0 Å². The van der Waals surface area contributed by atoms with Crippen LogP contribution in [0, 0.1) is 0 Å². The number of nitrogens with zero attached hydrogens (tertiary/aromatic N) is 2. The van der Waals surface area contributed by atoms with Crippen LogP contribution in [0.15, 0.2) is 30.6 Å². The molecule has 1 aliphatic rings. The van der Waals surface area contributed by atoms with Gasteiger partial charge in [-0.3, -0.25) is 0 Å². The third-order valence-corrected chi connectivity index (χ3v) is 3.87. The number of fused-ring (bicyclic) bond motifs is 1. The molecule has 1 aliphatic carbocycles. The summed E-state index contributed by atoms with van der Waals surface area (Å²) in [6.07, 6.45) is 5.76. The third kappa shape index (κ3) is 3.19. The van der Waals surface area contributed by atoms with Crippen LogP contribution in [0.3, 0.4) is 0 Å². The Morgan fingerprint density at radius 3 is 2.95 bits per heavy atom. The van der Waals surface area contributed by atoms with Gasteiger partial charge in [0.1, 0.15) is 18.5 Å². The van der Waals surface area contributed by atoms with E-state index in [4.69, 9.17) is 10.5 Å². The van der Waals surface area contributed by atoms with Crippen molar-refractivity contribution in [3.63, 3.8) is 0 Å². The molecule has 2 aromatic rings. The van der Waals surface area contributed by atoms with Crippen molar-refractivity contribution in [2.45, 2.75) is 38.3 Å². The minimum Gasteiger partial charge on any atom is -0.489 e. The molecule has 0 bridgehead atoms. The molecule has 0 aliphatic heterocycles. The van der Waals surface area contributed by atoms with E-state index in [2.05, 4.69) is 9.55 Å². The predicted molar refractivity (Wildman–Crippen MR) is 81.2 cm³/mol. The number of para-hydroxylation sites is 2. The van der Waals surface area contributed by atoms with Crippen molar-refractivity contribution in [3.05, 3.63) is 42.0 Å². The van der Waals surface area contributed by atoms with Gasteiger partial charge in [0, 0.05) is 5.69 Å². The molecular formula is C16H21N3O2. The zero-order valence-electron chi connectivity index (χ0n) is 12.0. The molecule has 1 aromatic carbocycles. The minimum atomic E-state index is -0.579. The van der Waals surface area contributed by atoms with Gasteiger partial charge in [-0.15, -0.1) is 0 Å². The Hall–Kier alpha value is -2.01. The van der Waals surface area contributed by atoms with Gasteiger partial charge in [0.25, 0.3) is 0 Å². The molecule has 0 radical (unpaired) electrons. The average Bonchev–Trinajstić information content (AvgIpc) is 2.90. The first kappa shape index (κ1) is 13.9. The maximum atomic E-state index is 10.2. The highest BCUT2D eigenvalue weighted by molar-refractivity contribution is 5.51. The number of aryl methyl sites for hydroxylation is 1. The molecule has 0 spiro atoms. The Morgan fingerprint density at radius 2 is 2.10 bits per heavy atom. The normalized spacial score (nSPS) is 15.5. The molecule has 1 atom stereocenters. The first-order valence-corrected chi connectivity index (χ1v) is 7.42. The maximum absolute atomic E-state index is 10.2. The van der Waals surface area contributed by atoms with E-state index in [9.17, 15) is 5.11 Å². The van der Waals surface area contributed by atoms with Crippen LogP contribution in [0.4, 0.5) is 5.69 Å². The number of aliphatic hydroxyl groups is 1. The number of hydrogen-bond acceptors (Lipinski definition) is 4. The Bertz CT molecular complexity index is 609. The van der Waals surface area contributed by atoms with Gasteiger partial charge in [-0.2, -0.15) is 0 Å². The number of aromatic nitrogens is 2. The Labute approximate surface area is 124 Å².